The molecule has 0 aromatic heterocycles. The van der Waals surface area contributed by atoms with Gasteiger partial charge in [-0.3, -0.25) is 4.79 Å². The van der Waals surface area contributed by atoms with E-state index < -0.39 is 0 Å². The summed E-state index contributed by atoms with van der Waals surface area (Å²) in [7, 11) is 0. The smallest absolute Gasteiger partial charge is 0.321 e. The summed E-state index contributed by atoms with van der Waals surface area (Å²) >= 11 is 5.95. The molecule has 6 nitrogen and oxygen atoms in total. The van der Waals surface area contributed by atoms with E-state index in [2.05, 4.69) is 27.7 Å². The zero-order valence-corrected chi connectivity index (χ0v) is 19.1. The molecule has 4 rings (SSSR count). The number of carbonyl (C=O) groups excluding carboxylic acids is 2. The summed E-state index contributed by atoms with van der Waals surface area (Å²) in [5.41, 5.74) is 1.85. The molecule has 2 atom stereocenters. The molecule has 0 spiro atoms. The first-order valence-corrected chi connectivity index (χ1v) is 11.8. The molecule has 2 aromatic rings. The van der Waals surface area contributed by atoms with Crippen LogP contribution in [0.15, 0.2) is 54.6 Å². The predicted octanol–water partition coefficient (Wildman–Crippen LogP) is 4.19. The molecule has 7 heteroatoms. The van der Waals surface area contributed by atoms with Gasteiger partial charge in [-0.05, 0) is 62.2 Å². The van der Waals surface area contributed by atoms with Crippen LogP contribution in [0, 0.1) is 5.92 Å². The third-order valence-corrected chi connectivity index (χ3v) is 6.65. The maximum absolute atomic E-state index is 13.0. The lowest BCUT2D eigenvalue weighted by molar-refractivity contribution is -0.126. The van der Waals surface area contributed by atoms with Crippen molar-refractivity contribution in [2.45, 2.75) is 25.2 Å². The molecule has 2 heterocycles. The van der Waals surface area contributed by atoms with Crippen LogP contribution in [0.25, 0.3) is 0 Å². The van der Waals surface area contributed by atoms with E-state index in [1.807, 2.05) is 18.2 Å². The fourth-order valence-corrected chi connectivity index (χ4v) is 4.77. The van der Waals surface area contributed by atoms with Crippen molar-refractivity contribution < 1.29 is 9.59 Å². The summed E-state index contributed by atoms with van der Waals surface area (Å²) < 4.78 is 0. The van der Waals surface area contributed by atoms with Gasteiger partial charge in [0.1, 0.15) is 0 Å². The van der Waals surface area contributed by atoms with Gasteiger partial charge in [-0.1, -0.05) is 41.9 Å². The first-order chi connectivity index (χ1) is 15.6. The number of nitrogens with one attached hydrogen (secondary N) is 2. The van der Waals surface area contributed by atoms with Gasteiger partial charge in [-0.25, -0.2) is 4.79 Å². The molecule has 2 saturated heterocycles. The maximum Gasteiger partial charge on any atom is 0.321 e. The lowest BCUT2D eigenvalue weighted by Crippen LogP contribution is -2.50. The van der Waals surface area contributed by atoms with Gasteiger partial charge in [0.25, 0.3) is 0 Å². The molecule has 32 heavy (non-hydrogen) atoms. The van der Waals surface area contributed by atoms with Crippen molar-refractivity contribution >= 4 is 29.2 Å². The third kappa shape index (κ3) is 6.02. The fraction of sp³-hybridized carbons (Fsp3) is 0.440. The number of rotatable bonds is 6. The highest BCUT2D eigenvalue weighted by atomic mass is 35.5. The minimum Gasteiger partial charge on any atom is -0.355 e. The first-order valence-electron chi connectivity index (χ1n) is 11.4. The van der Waals surface area contributed by atoms with Gasteiger partial charge in [0, 0.05) is 42.8 Å². The van der Waals surface area contributed by atoms with Crippen molar-refractivity contribution in [3.63, 3.8) is 0 Å². The van der Waals surface area contributed by atoms with Gasteiger partial charge in [0.05, 0.1) is 5.92 Å². The summed E-state index contributed by atoms with van der Waals surface area (Å²) in [4.78, 5) is 30.2. The molecule has 0 saturated carbocycles. The Bertz CT molecular complexity index is 900. The average Bonchev–Trinajstić information content (AvgIpc) is 3.34. The Morgan fingerprint density at radius 1 is 0.969 bits per heavy atom. The molecule has 0 radical (unpaired) electrons. The second kappa shape index (κ2) is 10.8. The van der Waals surface area contributed by atoms with Crippen molar-refractivity contribution in [2.24, 2.45) is 5.92 Å². The van der Waals surface area contributed by atoms with Gasteiger partial charge in [0.2, 0.25) is 5.91 Å². The van der Waals surface area contributed by atoms with E-state index in [1.54, 1.807) is 29.2 Å². The summed E-state index contributed by atoms with van der Waals surface area (Å²) in [6, 6.07) is 17.0. The van der Waals surface area contributed by atoms with Gasteiger partial charge < -0.3 is 20.4 Å². The molecule has 2 unspecified atom stereocenters. The van der Waals surface area contributed by atoms with E-state index in [0.717, 1.165) is 31.6 Å². The molecule has 2 aromatic carbocycles. The molecular weight excluding hydrogens is 424 g/mol. The van der Waals surface area contributed by atoms with Crippen LogP contribution in [0.1, 0.15) is 30.7 Å². The highest BCUT2D eigenvalue weighted by Crippen LogP contribution is 2.31. The van der Waals surface area contributed by atoms with Crippen molar-refractivity contribution in [1.29, 1.82) is 0 Å². The highest BCUT2D eigenvalue weighted by molar-refractivity contribution is 6.30. The largest absolute Gasteiger partial charge is 0.355 e. The topological polar surface area (TPSA) is 64.7 Å². The number of hydrogen-bond donors (Lipinski definition) is 2. The SMILES string of the molecule is O=C(NCCN1CCCC1)C1CC(c2ccccc2)CN(C(=O)Nc2ccc(Cl)cc2)C1. The Hall–Kier alpha value is -2.57. The number of carbonyl (C=O) groups is 2. The normalized spacial score (nSPS) is 21.3. The van der Waals surface area contributed by atoms with Crippen molar-refractivity contribution in [3.05, 3.63) is 65.2 Å². The third-order valence-electron chi connectivity index (χ3n) is 6.40. The zero-order chi connectivity index (χ0) is 22.3. The number of benzene rings is 2. The second-order valence-electron chi connectivity index (χ2n) is 8.72. The molecule has 2 aliphatic heterocycles. The molecule has 0 bridgehead atoms. The van der Waals surface area contributed by atoms with E-state index in [1.165, 1.54) is 12.8 Å². The number of anilines is 1. The Morgan fingerprint density at radius 2 is 1.69 bits per heavy atom. The number of hydrogen-bond acceptors (Lipinski definition) is 3. The molecular formula is C25H31ClN4O2. The van der Waals surface area contributed by atoms with Crippen LogP contribution >= 0.6 is 11.6 Å². The lowest BCUT2D eigenvalue weighted by atomic mass is 9.84. The van der Waals surface area contributed by atoms with Gasteiger partial charge in [-0.2, -0.15) is 0 Å². The monoisotopic (exact) mass is 454 g/mol. The minimum absolute atomic E-state index is 0.0362. The van der Waals surface area contributed by atoms with Crippen molar-refractivity contribution in [2.75, 3.05) is 44.6 Å². The molecule has 2 aliphatic rings. The van der Waals surface area contributed by atoms with Crippen LogP contribution in [0.2, 0.25) is 5.02 Å². The van der Waals surface area contributed by atoms with Crippen molar-refractivity contribution in [1.82, 2.24) is 15.1 Å². The van der Waals surface area contributed by atoms with Crippen LogP contribution in [-0.4, -0.2) is 61.0 Å². The number of nitrogens with zero attached hydrogens (tertiary/aromatic N) is 2. The predicted molar refractivity (Wildman–Crippen MR) is 128 cm³/mol. The summed E-state index contributed by atoms with van der Waals surface area (Å²) in [6.45, 7) is 4.78. The highest BCUT2D eigenvalue weighted by Gasteiger charge is 2.34. The average molecular weight is 455 g/mol. The number of amides is 3. The van der Waals surface area contributed by atoms with Crippen LogP contribution in [-0.2, 0) is 4.79 Å². The number of halogens is 1. The van der Waals surface area contributed by atoms with E-state index >= 15 is 0 Å². The number of likely N-dealkylation sites (tertiary alicyclic amines) is 2. The number of piperidine rings is 1. The van der Waals surface area contributed by atoms with Crippen LogP contribution in [0.3, 0.4) is 0 Å². The summed E-state index contributed by atoms with van der Waals surface area (Å²) in [5.74, 6) is -0.0760. The second-order valence-corrected chi connectivity index (χ2v) is 9.16. The quantitative estimate of drug-likeness (QED) is 0.687. The Labute approximate surface area is 194 Å². The van der Waals surface area contributed by atoms with E-state index in [4.69, 9.17) is 11.6 Å². The van der Waals surface area contributed by atoms with E-state index in [-0.39, 0.29) is 23.8 Å². The Morgan fingerprint density at radius 3 is 2.41 bits per heavy atom. The van der Waals surface area contributed by atoms with Crippen LogP contribution in [0.5, 0.6) is 0 Å². The van der Waals surface area contributed by atoms with Crippen LogP contribution in [0.4, 0.5) is 10.5 Å². The fourth-order valence-electron chi connectivity index (χ4n) is 4.65. The number of urea groups is 1. The van der Waals surface area contributed by atoms with E-state index in [9.17, 15) is 9.59 Å². The lowest BCUT2D eigenvalue weighted by Gasteiger charge is -2.37. The molecule has 3 amide bonds. The minimum atomic E-state index is -0.233. The maximum atomic E-state index is 13.0. The van der Waals surface area contributed by atoms with E-state index in [0.29, 0.717) is 30.3 Å². The molecule has 2 N–H and O–H groups in total. The summed E-state index contributed by atoms with van der Waals surface area (Å²) in [6.07, 6.45) is 3.23. The first kappa shape index (κ1) is 22.6. The standard InChI is InChI=1S/C25H31ClN4O2/c26-22-8-10-23(11-9-22)28-25(32)30-17-20(19-6-2-1-3-7-19)16-21(18-30)24(31)27-12-15-29-13-4-5-14-29/h1-3,6-11,20-21H,4-5,12-18H2,(H,27,31)(H,28,32). The Balaban J connectivity index is 1.41. The van der Waals surface area contributed by atoms with Crippen molar-refractivity contribution in [3.8, 4) is 0 Å². The molecule has 2 fully saturated rings. The molecule has 170 valence electrons. The zero-order valence-electron chi connectivity index (χ0n) is 18.3. The van der Waals surface area contributed by atoms with Crippen LogP contribution < -0.4 is 10.6 Å². The summed E-state index contributed by atoms with van der Waals surface area (Å²) in [5, 5.41) is 6.67. The van der Waals surface area contributed by atoms with Gasteiger partial charge in [0.15, 0.2) is 0 Å². The van der Waals surface area contributed by atoms with Gasteiger partial charge >= 0.3 is 6.03 Å². The molecule has 0 aliphatic carbocycles. The Kier molecular flexibility index (Phi) is 7.66. The van der Waals surface area contributed by atoms with Gasteiger partial charge in [-0.15, -0.1) is 0 Å².